The Morgan fingerprint density at radius 1 is 1.02 bits per heavy atom. The zero-order valence-electron chi connectivity index (χ0n) is 23.0. The number of aryl methyl sites for hydroxylation is 1. The Balaban J connectivity index is 1.67. The molecule has 1 aliphatic rings. The maximum Gasteiger partial charge on any atom is 0.355 e. The summed E-state index contributed by atoms with van der Waals surface area (Å²) < 4.78 is 32.1. The third-order valence-corrected chi connectivity index (χ3v) is 7.74. The van der Waals surface area contributed by atoms with E-state index in [1.54, 1.807) is 4.90 Å². The van der Waals surface area contributed by atoms with Gasteiger partial charge in [-0.1, -0.05) is 49.0 Å². The zero-order valence-corrected chi connectivity index (χ0v) is 23.0. The molecule has 6 rings (SSSR count). The summed E-state index contributed by atoms with van der Waals surface area (Å²) in [4.78, 5) is 38.7. The van der Waals surface area contributed by atoms with Gasteiger partial charge in [0, 0.05) is 31.1 Å². The quantitative estimate of drug-likeness (QED) is 0.304. The van der Waals surface area contributed by atoms with E-state index in [4.69, 9.17) is 0 Å². The normalized spacial score (nSPS) is 15.4. The van der Waals surface area contributed by atoms with Crippen LogP contribution in [0.5, 0.6) is 5.75 Å². The van der Waals surface area contributed by atoms with E-state index in [-0.39, 0.29) is 28.8 Å². The summed E-state index contributed by atoms with van der Waals surface area (Å²) in [7, 11) is 0. The minimum absolute atomic E-state index is 0.0558. The molecule has 5 aromatic rings. The van der Waals surface area contributed by atoms with Crippen LogP contribution in [0.1, 0.15) is 12.5 Å². The Morgan fingerprint density at radius 3 is 2.55 bits per heavy atom. The fourth-order valence-corrected chi connectivity index (χ4v) is 5.71. The molecule has 0 saturated carbocycles. The standard InChI is InChI=1S/C32H27F2N5O3/c1-4-26(41)37-14-15-38(19(3)17-37)30-22-16-24(34)28(27-23(33)10-7-11-25(27)40)35-31(22)39(32(42)36-30)29-18(2)12-13-20-8-5-6-9-21(20)29/h4-13,16,19,40H,1,14-15,17H2,2-3H3. The van der Waals surface area contributed by atoms with Crippen molar-refractivity contribution in [2.24, 2.45) is 0 Å². The molecule has 1 saturated heterocycles. The van der Waals surface area contributed by atoms with Gasteiger partial charge in [0.2, 0.25) is 5.91 Å². The molecular weight excluding hydrogens is 540 g/mol. The van der Waals surface area contributed by atoms with Gasteiger partial charge in [0.05, 0.1) is 16.6 Å². The number of hydrogen-bond donors (Lipinski definition) is 1. The molecule has 0 spiro atoms. The van der Waals surface area contributed by atoms with Gasteiger partial charge >= 0.3 is 5.69 Å². The molecule has 3 aromatic carbocycles. The van der Waals surface area contributed by atoms with Crippen molar-refractivity contribution in [1.29, 1.82) is 0 Å². The molecule has 10 heteroatoms. The number of rotatable bonds is 4. The van der Waals surface area contributed by atoms with Crippen molar-refractivity contribution in [3.05, 3.63) is 101 Å². The van der Waals surface area contributed by atoms with E-state index in [9.17, 15) is 19.1 Å². The molecule has 2 aromatic heterocycles. The fraction of sp³-hybridized carbons (Fsp3) is 0.188. The van der Waals surface area contributed by atoms with E-state index in [1.807, 2.05) is 55.1 Å². The van der Waals surface area contributed by atoms with Crippen LogP contribution in [0.15, 0.2) is 78.1 Å². The highest BCUT2D eigenvalue weighted by Crippen LogP contribution is 2.37. The third-order valence-electron chi connectivity index (χ3n) is 7.74. The van der Waals surface area contributed by atoms with Crippen LogP contribution in [-0.2, 0) is 4.79 Å². The molecule has 1 N–H and O–H groups in total. The van der Waals surface area contributed by atoms with Gasteiger partial charge in [-0.2, -0.15) is 4.98 Å². The van der Waals surface area contributed by atoms with E-state index in [1.165, 1.54) is 28.8 Å². The van der Waals surface area contributed by atoms with Crippen LogP contribution in [0.25, 0.3) is 38.8 Å². The molecule has 1 atom stereocenters. The van der Waals surface area contributed by atoms with Gasteiger partial charge in [0.1, 0.15) is 23.1 Å². The van der Waals surface area contributed by atoms with Crippen LogP contribution in [0.4, 0.5) is 14.6 Å². The number of carbonyl (C=O) groups is 1. The van der Waals surface area contributed by atoms with Crippen LogP contribution in [-0.4, -0.2) is 56.1 Å². The van der Waals surface area contributed by atoms with Crippen molar-refractivity contribution in [3.63, 3.8) is 0 Å². The van der Waals surface area contributed by atoms with E-state index in [2.05, 4.69) is 16.5 Å². The monoisotopic (exact) mass is 567 g/mol. The van der Waals surface area contributed by atoms with Gasteiger partial charge in [-0.25, -0.2) is 23.1 Å². The molecule has 212 valence electrons. The summed E-state index contributed by atoms with van der Waals surface area (Å²) in [6.45, 7) is 8.31. The average Bonchev–Trinajstić information content (AvgIpc) is 2.97. The number of anilines is 1. The molecule has 3 heterocycles. The average molecular weight is 568 g/mol. The van der Waals surface area contributed by atoms with Crippen LogP contribution < -0.4 is 10.6 Å². The first-order valence-electron chi connectivity index (χ1n) is 13.5. The van der Waals surface area contributed by atoms with Crippen LogP contribution in [0, 0.1) is 18.6 Å². The number of nitrogens with zero attached hydrogens (tertiary/aromatic N) is 5. The number of halogens is 2. The smallest absolute Gasteiger partial charge is 0.355 e. The molecule has 1 fully saturated rings. The predicted molar refractivity (Wildman–Crippen MR) is 158 cm³/mol. The van der Waals surface area contributed by atoms with Gasteiger partial charge in [0.15, 0.2) is 11.5 Å². The van der Waals surface area contributed by atoms with E-state index >= 15 is 4.39 Å². The van der Waals surface area contributed by atoms with E-state index in [0.717, 1.165) is 22.4 Å². The number of aromatic nitrogens is 3. The largest absolute Gasteiger partial charge is 0.507 e. The van der Waals surface area contributed by atoms with Crippen molar-refractivity contribution in [1.82, 2.24) is 19.4 Å². The van der Waals surface area contributed by atoms with Crippen molar-refractivity contribution in [2.75, 3.05) is 24.5 Å². The maximum absolute atomic E-state index is 15.9. The van der Waals surface area contributed by atoms with Crippen molar-refractivity contribution < 1.29 is 18.7 Å². The maximum atomic E-state index is 15.9. The predicted octanol–water partition coefficient (Wildman–Crippen LogP) is 5.12. The van der Waals surface area contributed by atoms with Gasteiger partial charge in [0.25, 0.3) is 0 Å². The number of aromatic hydroxyl groups is 1. The van der Waals surface area contributed by atoms with Crippen LogP contribution >= 0.6 is 0 Å². The van der Waals surface area contributed by atoms with Crippen LogP contribution in [0.2, 0.25) is 0 Å². The number of piperazine rings is 1. The number of pyridine rings is 1. The highest BCUT2D eigenvalue weighted by atomic mass is 19.1. The second kappa shape index (κ2) is 10.4. The number of carbonyl (C=O) groups excluding carboxylic acids is 1. The summed E-state index contributed by atoms with van der Waals surface area (Å²) in [5.74, 6) is -2.23. The lowest BCUT2D eigenvalue weighted by Gasteiger charge is -2.40. The Morgan fingerprint density at radius 2 is 1.81 bits per heavy atom. The number of phenols is 1. The third kappa shape index (κ3) is 4.36. The van der Waals surface area contributed by atoms with Crippen molar-refractivity contribution in [3.8, 4) is 22.7 Å². The van der Waals surface area contributed by atoms with Gasteiger partial charge < -0.3 is 14.9 Å². The number of benzene rings is 3. The molecule has 8 nitrogen and oxygen atoms in total. The molecular formula is C32H27F2N5O3. The topological polar surface area (TPSA) is 91.6 Å². The fourth-order valence-electron chi connectivity index (χ4n) is 5.71. The van der Waals surface area contributed by atoms with Crippen molar-refractivity contribution in [2.45, 2.75) is 19.9 Å². The Hall–Kier alpha value is -5.12. The molecule has 0 radical (unpaired) electrons. The first-order chi connectivity index (χ1) is 20.2. The lowest BCUT2D eigenvalue weighted by atomic mass is 10.0. The Labute approximate surface area is 239 Å². The van der Waals surface area contributed by atoms with Gasteiger partial charge in [-0.05, 0) is 49.1 Å². The Bertz CT molecular complexity index is 1950. The first kappa shape index (κ1) is 27.1. The summed E-state index contributed by atoms with van der Waals surface area (Å²) >= 11 is 0. The summed E-state index contributed by atoms with van der Waals surface area (Å²) in [6, 6.07) is 15.9. The summed E-state index contributed by atoms with van der Waals surface area (Å²) in [5.41, 5.74) is -0.182. The number of fused-ring (bicyclic) bond motifs is 2. The SMILES string of the molecule is C=CC(=O)N1CCN(c2nc(=O)n(-c3c(C)ccc4ccccc34)c3nc(-c4c(O)cccc4F)c(F)cc23)C(C)C1. The highest BCUT2D eigenvalue weighted by molar-refractivity contribution is 5.96. The van der Waals surface area contributed by atoms with Gasteiger partial charge in [-0.3, -0.25) is 4.79 Å². The highest BCUT2D eigenvalue weighted by Gasteiger charge is 2.30. The number of amides is 1. The Kier molecular flexibility index (Phi) is 6.68. The minimum atomic E-state index is -0.890. The second-order valence-corrected chi connectivity index (χ2v) is 10.4. The summed E-state index contributed by atoms with van der Waals surface area (Å²) in [5, 5.41) is 12.3. The molecule has 1 amide bonds. The number of phenolic OH excluding ortho intramolecular Hbond substituents is 1. The second-order valence-electron chi connectivity index (χ2n) is 10.4. The van der Waals surface area contributed by atoms with Gasteiger partial charge in [-0.15, -0.1) is 0 Å². The molecule has 42 heavy (non-hydrogen) atoms. The van der Waals surface area contributed by atoms with Crippen LogP contribution in [0.3, 0.4) is 0 Å². The molecule has 1 aliphatic heterocycles. The molecule has 1 unspecified atom stereocenters. The summed E-state index contributed by atoms with van der Waals surface area (Å²) in [6.07, 6.45) is 1.25. The minimum Gasteiger partial charge on any atom is -0.507 e. The van der Waals surface area contributed by atoms with E-state index < -0.39 is 34.3 Å². The lowest BCUT2D eigenvalue weighted by Crippen LogP contribution is -2.54. The zero-order chi connectivity index (χ0) is 29.7. The van der Waals surface area contributed by atoms with E-state index in [0.29, 0.717) is 25.3 Å². The number of hydrogen-bond acceptors (Lipinski definition) is 6. The van der Waals surface area contributed by atoms with Crippen molar-refractivity contribution >= 4 is 33.5 Å². The lowest BCUT2D eigenvalue weighted by molar-refractivity contribution is -0.126. The molecule has 0 bridgehead atoms. The first-order valence-corrected chi connectivity index (χ1v) is 13.5. The molecule has 0 aliphatic carbocycles.